The summed E-state index contributed by atoms with van der Waals surface area (Å²) in [6.07, 6.45) is -0.320. The highest BCUT2D eigenvalue weighted by atomic mass is 16.5. The largest absolute Gasteiger partial charge is 0.504 e. The Morgan fingerprint density at radius 3 is 2.62 bits per heavy atom. The number of aromatic nitrogens is 2. The minimum absolute atomic E-state index is 0.146. The third-order valence-electron chi connectivity index (χ3n) is 3.04. The smallest absolute Gasteiger partial charge is 0.261 e. The molecule has 1 atom stereocenters. The molecular weight excluding hydrogens is 272 g/mol. The van der Waals surface area contributed by atoms with Crippen LogP contribution in [0.5, 0.6) is 11.5 Å². The molecule has 1 aromatic heterocycles. The number of ether oxygens (including phenoxy) is 1. The maximum atomic E-state index is 9.85. The van der Waals surface area contributed by atoms with Gasteiger partial charge in [-0.25, -0.2) is 0 Å². The molecule has 0 saturated heterocycles. The molecule has 0 radical (unpaired) electrons. The molecule has 0 fully saturated rings. The molecule has 6 nitrogen and oxygen atoms in total. The minimum atomic E-state index is -0.320. The van der Waals surface area contributed by atoms with E-state index in [0.29, 0.717) is 12.4 Å². The number of nitrogens with zero attached hydrogens (tertiary/aromatic N) is 2. The lowest BCUT2D eigenvalue weighted by Crippen LogP contribution is -2.22. The number of phenols is 2. The van der Waals surface area contributed by atoms with Crippen LogP contribution in [0.2, 0.25) is 0 Å². The van der Waals surface area contributed by atoms with E-state index in [1.165, 1.54) is 6.07 Å². The van der Waals surface area contributed by atoms with E-state index in [2.05, 4.69) is 10.1 Å². The van der Waals surface area contributed by atoms with E-state index in [9.17, 15) is 10.2 Å². The van der Waals surface area contributed by atoms with Crippen molar-refractivity contribution < 1.29 is 19.5 Å². The Hall–Kier alpha value is -2.08. The molecule has 2 N–H and O–H groups in total. The molecule has 0 aliphatic heterocycles. The number of hydrogen-bond acceptors (Lipinski definition) is 6. The Morgan fingerprint density at radius 2 is 2.00 bits per heavy atom. The second kappa shape index (κ2) is 5.73. The first-order valence-electron chi connectivity index (χ1n) is 6.81. The molecule has 0 spiro atoms. The van der Waals surface area contributed by atoms with Crippen LogP contribution < -0.4 is 0 Å². The zero-order valence-corrected chi connectivity index (χ0v) is 12.6. The van der Waals surface area contributed by atoms with Gasteiger partial charge in [-0.1, -0.05) is 32.0 Å². The van der Waals surface area contributed by atoms with Crippen LogP contribution in [-0.4, -0.2) is 27.0 Å². The van der Waals surface area contributed by atoms with Crippen molar-refractivity contribution in [2.24, 2.45) is 5.41 Å². The summed E-state index contributed by atoms with van der Waals surface area (Å²) in [5.41, 5.74) is 0.0933. The molecule has 1 heterocycles. The Balaban J connectivity index is 2.39. The summed E-state index contributed by atoms with van der Waals surface area (Å²) in [6.45, 7) is 8.50. The lowest BCUT2D eigenvalue weighted by Gasteiger charge is -2.27. The molecule has 1 aromatic carbocycles. The average molecular weight is 292 g/mol. The van der Waals surface area contributed by atoms with E-state index in [-0.39, 0.29) is 34.5 Å². The number of para-hydroxylation sites is 1. The average Bonchev–Trinajstić information content (AvgIpc) is 2.87. The summed E-state index contributed by atoms with van der Waals surface area (Å²) >= 11 is 0. The number of rotatable bonds is 4. The highest BCUT2D eigenvalue weighted by molar-refractivity contribution is 5.66. The van der Waals surface area contributed by atoms with Crippen molar-refractivity contribution in [3.63, 3.8) is 0 Å². The van der Waals surface area contributed by atoms with Gasteiger partial charge in [0.25, 0.3) is 5.89 Å². The third-order valence-corrected chi connectivity index (χ3v) is 3.04. The van der Waals surface area contributed by atoms with Crippen molar-refractivity contribution in [3.05, 3.63) is 24.0 Å². The second-order valence-electron chi connectivity index (χ2n) is 5.83. The topological polar surface area (TPSA) is 88.6 Å². The predicted molar refractivity (Wildman–Crippen MR) is 76.9 cm³/mol. The molecule has 6 heteroatoms. The van der Waals surface area contributed by atoms with Crippen LogP contribution in [0.25, 0.3) is 11.5 Å². The van der Waals surface area contributed by atoms with Crippen LogP contribution in [-0.2, 0) is 4.74 Å². The van der Waals surface area contributed by atoms with Crippen LogP contribution >= 0.6 is 0 Å². The predicted octanol–water partition coefficient (Wildman–Crippen LogP) is 3.27. The molecule has 114 valence electrons. The van der Waals surface area contributed by atoms with Crippen LogP contribution in [0.15, 0.2) is 22.7 Å². The Labute approximate surface area is 123 Å². The Kier molecular flexibility index (Phi) is 4.18. The van der Waals surface area contributed by atoms with Crippen molar-refractivity contribution in [2.75, 3.05) is 6.61 Å². The molecular formula is C15H20N2O4. The summed E-state index contributed by atoms with van der Waals surface area (Å²) < 4.78 is 10.9. The zero-order valence-electron chi connectivity index (χ0n) is 12.6. The molecule has 0 bridgehead atoms. The first-order valence-corrected chi connectivity index (χ1v) is 6.81. The van der Waals surface area contributed by atoms with Gasteiger partial charge in [-0.05, 0) is 24.5 Å². The van der Waals surface area contributed by atoms with Crippen LogP contribution in [0.3, 0.4) is 0 Å². The standard InChI is InChI=1S/C15H20N2O4/c1-5-20-12(15(2,3)4)13-16-14(21-17-13)9-7-6-8-10(18)11(9)19/h6-8,12,18-19H,5H2,1-4H3. The highest BCUT2D eigenvalue weighted by Crippen LogP contribution is 2.38. The van der Waals surface area contributed by atoms with E-state index in [1.807, 2.05) is 27.7 Å². The van der Waals surface area contributed by atoms with E-state index in [1.54, 1.807) is 12.1 Å². The fourth-order valence-electron chi connectivity index (χ4n) is 2.03. The Bertz CT molecular complexity index is 616. The molecule has 21 heavy (non-hydrogen) atoms. The van der Waals surface area contributed by atoms with E-state index in [4.69, 9.17) is 9.26 Å². The summed E-state index contributed by atoms with van der Waals surface area (Å²) in [6, 6.07) is 4.57. The zero-order chi connectivity index (χ0) is 15.6. The van der Waals surface area contributed by atoms with Crippen molar-refractivity contribution in [2.45, 2.75) is 33.8 Å². The lowest BCUT2D eigenvalue weighted by atomic mass is 9.88. The normalized spacial score (nSPS) is 13.3. The molecule has 0 saturated carbocycles. The van der Waals surface area contributed by atoms with Crippen LogP contribution in [0.4, 0.5) is 0 Å². The van der Waals surface area contributed by atoms with Crippen molar-refractivity contribution in [3.8, 4) is 23.0 Å². The van der Waals surface area contributed by atoms with Gasteiger partial charge in [-0.3, -0.25) is 0 Å². The van der Waals surface area contributed by atoms with Crippen LogP contribution in [0.1, 0.15) is 39.6 Å². The first kappa shape index (κ1) is 15.3. The SMILES string of the molecule is CCOC(c1noc(-c2cccc(O)c2O)n1)C(C)(C)C. The fraction of sp³-hybridized carbons (Fsp3) is 0.467. The maximum absolute atomic E-state index is 9.85. The van der Waals surface area contributed by atoms with E-state index >= 15 is 0 Å². The van der Waals surface area contributed by atoms with Crippen molar-refractivity contribution >= 4 is 0 Å². The second-order valence-corrected chi connectivity index (χ2v) is 5.83. The molecule has 2 rings (SSSR count). The number of benzene rings is 1. The first-order chi connectivity index (χ1) is 9.84. The number of hydrogen-bond donors (Lipinski definition) is 2. The number of phenolic OH excluding ortho intramolecular Hbond substituents is 2. The van der Waals surface area contributed by atoms with Gasteiger partial charge >= 0.3 is 0 Å². The summed E-state index contributed by atoms with van der Waals surface area (Å²) in [5.74, 6) is 0.0512. The monoisotopic (exact) mass is 292 g/mol. The molecule has 1 unspecified atom stereocenters. The molecule has 0 aliphatic rings. The van der Waals surface area contributed by atoms with E-state index < -0.39 is 0 Å². The summed E-state index contributed by atoms with van der Waals surface area (Å²) in [7, 11) is 0. The van der Waals surface area contributed by atoms with Gasteiger partial charge in [0.1, 0.15) is 6.10 Å². The van der Waals surface area contributed by atoms with Crippen molar-refractivity contribution in [1.82, 2.24) is 10.1 Å². The summed E-state index contributed by atoms with van der Waals surface area (Å²) in [5, 5.41) is 23.3. The molecule has 2 aromatic rings. The van der Waals surface area contributed by atoms with Gasteiger partial charge in [-0.2, -0.15) is 4.98 Å². The highest BCUT2D eigenvalue weighted by Gasteiger charge is 2.31. The van der Waals surface area contributed by atoms with Crippen LogP contribution in [0, 0.1) is 5.41 Å². The summed E-state index contributed by atoms with van der Waals surface area (Å²) in [4.78, 5) is 4.29. The van der Waals surface area contributed by atoms with Gasteiger partial charge in [0.2, 0.25) is 5.82 Å². The quantitative estimate of drug-likeness (QED) is 0.841. The molecule has 0 amide bonds. The van der Waals surface area contributed by atoms with Gasteiger partial charge in [0, 0.05) is 6.61 Å². The minimum Gasteiger partial charge on any atom is -0.504 e. The fourth-order valence-corrected chi connectivity index (χ4v) is 2.03. The van der Waals surface area contributed by atoms with Gasteiger partial charge < -0.3 is 19.5 Å². The maximum Gasteiger partial charge on any atom is 0.261 e. The van der Waals surface area contributed by atoms with Gasteiger partial charge in [0.05, 0.1) is 5.56 Å². The van der Waals surface area contributed by atoms with Gasteiger partial charge in [0.15, 0.2) is 11.5 Å². The third kappa shape index (κ3) is 3.16. The van der Waals surface area contributed by atoms with E-state index in [0.717, 1.165) is 0 Å². The molecule has 0 aliphatic carbocycles. The van der Waals surface area contributed by atoms with Crippen molar-refractivity contribution in [1.29, 1.82) is 0 Å². The Morgan fingerprint density at radius 1 is 1.29 bits per heavy atom. The lowest BCUT2D eigenvalue weighted by molar-refractivity contribution is -0.0203. The number of aromatic hydroxyl groups is 2. The van der Waals surface area contributed by atoms with Gasteiger partial charge in [-0.15, -0.1) is 0 Å².